The second-order valence-corrected chi connectivity index (χ2v) is 4.86. The van der Waals surface area contributed by atoms with Crippen LogP contribution < -0.4 is 10.5 Å². The predicted octanol–water partition coefficient (Wildman–Crippen LogP) is 3.85. The monoisotopic (exact) mass is 311 g/mol. The van der Waals surface area contributed by atoms with E-state index in [9.17, 15) is 4.79 Å². The van der Waals surface area contributed by atoms with Crippen LogP contribution in [0.3, 0.4) is 0 Å². The van der Waals surface area contributed by atoms with Crippen molar-refractivity contribution in [3.05, 3.63) is 57.6 Å². The van der Waals surface area contributed by atoms with Gasteiger partial charge in [-0.05, 0) is 30.3 Å². The molecule has 0 atom stereocenters. The molecule has 6 heteroatoms. The number of hydrogen-bond acceptors (Lipinski definition) is 3. The number of nitrogen functional groups attached to an aromatic ring is 1. The molecule has 0 saturated carbocycles. The number of halogens is 2. The van der Waals surface area contributed by atoms with Crippen molar-refractivity contribution >= 4 is 34.9 Å². The molecule has 0 unspecified atom stereocenters. The molecule has 0 aliphatic carbocycles. The fourth-order valence-corrected chi connectivity index (χ4v) is 2.14. The first-order valence-electron chi connectivity index (χ1n) is 5.67. The number of carbonyl (C=O) groups is 1. The summed E-state index contributed by atoms with van der Waals surface area (Å²) in [5, 5.41) is 9.85. The second-order valence-electron chi connectivity index (χ2n) is 4.05. The SMILES string of the molecule is Nc1cc(C(=O)O)ccc1OCc1c(Cl)cccc1Cl. The van der Waals surface area contributed by atoms with Crippen LogP contribution >= 0.6 is 23.2 Å². The highest BCUT2D eigenvalue weighted by atomic mass is 35.5. The standard InChI is InChI=1S/C14H11Cl2NO3/c15-10-2-1-3-11(16)9(10)7-20-13-5-4-8(14(18)19)6-12(13)17/h1-6H,7,17H2,(H,18,19). The summed E-state index contributed by atoms with van der Waals surface area (Å²) in [4.78, 5) is 10.8. The van der Waals surface area contributed by atoms with Crippen LogP contribution in [-0.2, 0) is 6.61 Å². The lowest BCUT2D eigenvalue weighted by Gasteiger charge is -2.11. The van der Waals surface area contributed by atoms with Crippen LogP contribution in [0.25, 0.3) is 0 Å². The van der Waals surface area contributed by atoms with Gasteiger partial charge in [-0.1, -0.05) is 29.3 Å². The van der Waals surface area contributed by atoms with Crippen molar-refractivity contribution in [1.29, 1.82) is 0 Å². The lowest BCUT2D eigenvalue weighted by molar-refractivity contribution is 0.0697. The van der Waals surface area contributed by atoms with E-state index in [2.05, 4.69) is 0 Å². The van der Waals surface area contributed by atoms with Gasteiger partial charge in [0.1, 0.15) is 12.4 Å². The molecule has 3 N–H and O–H groups in total. The molecule has 0 spiro atoms. The minimum Gasteiger partial charge on any atom is -0.487 e. The van der Waals surface area contributed by atoms with Gasteiger partial charge in [0.05, 0.1) is 11.3 Å². The van der Waals surface area contributed by atoms with E-state index in [1.54, 1.807) is 18.2 Å². The Balaban J connectivity index is 2.17. The van der Waals surface area contributed by atoms with Crippen LogP contribution in [0.1, 0.15) is 15.9 Å². The number of carboxylic acid groups (broad SMARTS) is 1. The first-order chi connectivity index (χ1) is 9.49. The van der Waals surface area contributed by atoms with Crippen molar-refractivity contribution in [2.75, 3.05) is 5.73 Å². The topological polar surface area (TPSA) is 72.6 Å². The van der Waals surface area contributed by atoms with Crippen molar-refractivity contribution < 1.29 is 14.6 Å². The Morgan fingerprint density at radius 1 is 1.20 bits per heavy atom. The summed E-state index contributed by atoms with van der Waals surface area (Å²) >= 11 is 12.1. The van der Waals surface area contributed by atoms with E-state index in [-0.39, 0.29) is 17.9 Å². The average molecular weight is 312 g/mol. The molecular weight excluding hydrogens is 301 g/mol. The maximum Gasteiger partial charge on any atom is 0.335 e. The quantitative estimate of drug-likeness (QED) is 0.841. The molecule has 0 radical (unpaired) electrons. The Bertz CT molecular complexity index is 639. The van der Waals surface area contributed by atoms with Crippen molar-refractivity contribution in [3.8, 4) is 5.75 Å². The number of hydrogen-bond donors (Lipinski definition) is 2. The molecule has 20 heavy (non-hydrogen) atoms. The van der Waals surface area contributed by atoms with E-state index in [1.165, 1.54) is 18.2 Å². The van der Waals surface area contributed by atoms with Crippen molar-refractivity contribution in [3.63, 3.8) is 0 Å². The van der Waals surface area contributed by atoms with Gasteiger partial charge in [-0.3, -0.25) is 0 Å². The van der Waals surface area contributed by atoms with Gasteiger partial charge >= 0.3 is 5.97 Å². The van der Waals surface area contributed by atoms with Crippen molar-refractivity contribution in [2.24, 2.45) is 0 Å². The maximum absolute atomic E-state index is 10.8. The average Bonchev–Trinajstić information content (AvgIpc) is 2.39. The van der Waals surface area contributed by atoms with E-state index >= 15 is 0 Å². The molecule has 104 valence electrons. The Kier molecular flexibility index (Phi) is 4.37. The Hall–Kier alpha value is -1.91. The van der Waals surface area contributed by atoms with Crippen LogP contribution in [0.4, 0.5) is 5.69 Å². The molecule has 0 aliphatic rings. The van der Waals surface area contributed by atoms with Gasteiger partial charge in [0.15, 0.2) is 0 Å². The van der Waals surface area contributed by atoms with Crippen LogP contribution in [0.5, 0.6) is 5.75 Å². The van der Waals surface area contributed by atoms with E-state index < -0.39 is 5.97 Å². The molecular formula is C14H11Cl2NO3. The number of aromatic carboxylic acids is 1. The molecule has 0 amide bonds. The van der Waals surface area contributed by atoms with Crippen LogP contribution in [0.2, 0.25) is 10.0 Å². The highest BCUT2D eigenvalue weighted by Crippen LogP contribution is 2.28. The zero-order valence-corrected chi connectivity index (χ0v) is 11.8. The Morgan fingerprint density at radius 2 is 1.85 bits per heavy atom. The van der Waals surface area contributed by atoms with E-state index in [4.69, 9.17) is 38.8 Å². The van der Waals surface area contributed by atoms with Gasteiger partial charge in [0.25, 0.3) is 0 Å². The summed E-state index contributed by atoms with van der Waals surface area (Å²) in [5.41, 5.74) is 6.74. The number of benzene rings is 2. The summed E-state index contributed by atoms with van der Waals surface area (Å²) in [6.45, 7) is 0.148. The van der Waals surface area contributed by atoms with E-state index in [0.717, 1.165) is 0 Å². The van der Waals surface area contributed by atoms with Gasteiger partial charge in [-0.15, -0.1) is 0 Å². The highest BCUT2D eigenvalue weighted by molar-refractivity contribution is 6.35. The molecule has 0 bridgehead atoms. The zero-order chi connectivity index (χ0) is 14.7. The Morgan fingerprint density at radius 3 is 2.40 bits per heavy atom. The highest BCUT2D eigenvalue weighted by Gasteiger charge is 2.10. The summed E-state index contributed by atoms with van der Waals surface area (Å²) in [5.74, 6) is -0.664. The summed E-state index contributed by atoms with van der Waals surface area (Å²) in [6.07, 6.45) is 0. The first-order valence-corrected chi connectivity index (χ1v) is 6.43. The predicted molar refractivity (Wildman–Crippen MR) is 78.6 cm³/mol. The van der Waals surface area contributed by atoms with Crippen molar-refractivity contribution in [2.45, 2.75) is 6.61 Å². The molecule has 0 aromatic heterocycles. The zero-order valence-electron chi connectivity index (χ0n) is 10.3. The fourth-order valence-electron chi connectivity index (χ4n) is 1.63. The second kappa shape index (κ2) is 6.03. The lowest BCUT2D eigenvalue weighted by Crippen LogP contribution is -2.02. The molecule has 2 aromatic carbocycles. The van der Waals surface area contributed by atoms with Gasteiger partial charge in [0.2, 0.25) is 0 Å². The van der Waals surface area contributed by atoms with E-state index in [1.807, 2.05) is 0 Å². The number of ether oxygens (including phenoxy) is 1. The smallest absolute Gasteiger partial charge is 0.335 e. The fraction of sp³-hybridized carbons (Fsp3) is 0.0714. The summed E-state index contributed by atoms with van der Waals surface area (Å²) in [6, 6.07) is 9.42. The van der Waals surface area contributed by atoms with Crippen LogP contribution in [0.15, 0.2) is 36.4 Å². The third-order valence-electron chi connectivity index (χ3n) is 2.69. The number of carboxylic acids is 1. The molecule has 4 nitrogen and oxygen atoms in total. The van der Waals surface area contributed by atoms with Crippen LogP contribution in [0, 0.1) is 0 Å². The molecule has 2 rings (SSSR count). The summed E-state index contributed by atoms with van der Waals surface area (Å²) in [7, 11) is 0. The normalized spacial score (nSPS) is 10.3. The van der Waals surface area contributed by atoms with Crippen LogP contribution in [-0.4, -0.2) is 11.1 Å². The van der Waals surface area contributed by atoms with Crippen molar-refractivity contribution in [1.82, 2.24) is 0 Å². The molecule has 2 aromatic rings. The maximum atomic E-state index is 10.8. The first kappa shape index (κ1) is 14.5. The van der Waals surface area contributed by atoms with Gasteiger partial charge in [-0.25, -0.2) is 4.79 Å². The minimum atomic E-state index is -1.04. The van der Waals surface area contributed by atoms with Gasteiger partial charge in [0, 0.05) is 15.6 Å². The molecule has 0 saturated heterocycles. The number of nitrogens with two attached hydrogens (primary N) is 1. The molecule has 0 fully saturated rings. The lowest BCUT2D eigenvalue weighted by atomic mass is 10.2. The summed E-state index contributed by atoms with van der Waals surface area (Å²) < 4.78 is 5.53. The number of anilines is 1. The Labute approximate surface area is 125 Å². The molecule has 0 aliphatic heterocycles. The number of rotatable bonds is 4. The minimum absolute atomic E-state index is 0.102. The van der Waals surface area contributed by atoms with Gasteiger partial charge in [-0.2, -0.15) is 0 Å². The molecule has 0 heterocycles. The third-order valence-corrected chi connectivity index (χ3v) is 3.40. The van der Waals surface area contributed by atoms with Gasteiger partial charge < -0.3 is 15.6 Å². The van der Waals surface area contributed by atoms with E-state index in [0.29, 0.717) is 21.4 Å². The largest absolute Gasteiger partial charge is 0.487 e. The third kappa shape index (κ3) is 3.15.